The molecule has 1 unspecified atom stereocenters. The number of rotatable bonds is 9. The van der Waals surface area contributed by atoms with Gasteiger partial charge in [-0.15, -0.1) is 5.10 Å². The van der Waals surface area contributed by atoms with E-state index in [4.69, 9.17) is 28.3 Å². The lowest BCUT2D eigenvalue weighted by molar-refractivity contribution is -0.123. The topological polar surface area (TPSA) is 139 Å². The SMILES string of the molecule is O=C(C=Cc1cc(Cl)ccc1-n1cnnn1)NC(Cc1ccccc1)C(=O)Nc1ccc(C(=O)O)c(Cl)c1. The first kappa shape index (κ1) is 26.5. The van der Waals surface area contributed by atoms with E-state index in [1.54, 1.807) is 24.3 Å². The second kappa shape index (κ2) is 12.1. The van der Waals surface area contributed by atoms with Crippen molar-refractivity contribution in [2.24, 2.45) is 0 Å². The van der Waals surface area contributed by atoms with Gasteiger partial charge < -0.3 is 15.7 Å². The second-order valence-corrected chi connectivity index (χ2v) is 8.87. The summed E-state index contributed by atoms with van der Waals surface area (Å²) < 4.78 is 1.43. The zero-order valence-corrected chi connectivity index (χ0v) is 21.1. The predicted octanol–water partition coefficient (Wildman–Crippen LogP) is 4.05. The van der Waals surface area contributed by atoms with E-state index in [2.05, 4.69) is 26.2 Å². The van der Waals surface area contributed by atoms with E-state index >= 15 is 0 Å². The molecule has 192 valence electrons. The van der Waals surface area contributed by atoms with E-state index in [1.165, 1.54) is 35.3 Å². The smallest absolute Gasteiger partial charge is 0.337 e. The largest absolute Gasteiger partial charge is 0.478 e. The van der Waals surface area contributed by atoms with Crippen LogP contribution in [0.25, 0.3) is 11.8 Å². The Hall–Kier alpha value is -4.54. The van der Waals surface area contributed by atoms with Gasteiger partial charge in [-0.25, -0.2) is 4.79 Å². The first-order valence-corrected chi connectivity index (χ1v) is 11.9. The minimum absolute atomic E-state index is 0.0261. The maximum atomic E-state index is 13.2. The van der Waals surface area contributed by atoms with Crippen LogP contribution in [-0.4, -0.2) is 49.1 Å². The van der Waals surface area contributed by atoms with Crippen molar-refractivity contribution in [3.63, 3.8) is 0 Å². The van der Waals surface area contributed by atoms with Crippen LogP contribution in [0, 0.1) is 0 Å². The number of benzene rings is 3. The Morgan fingerprint density at radius 1 is 1.03 bits per heavy atom. The highest BCUT2D eigenvalue weighted by Crippen LogP contribution is 2.22. The van der Waals surface area contributed by atoms with Crippen LogP contribution in [-0.2, 0) is 16.0 Å². The molecule has 0 fully saturated rings. The maximum absolute atomic E-state index is 13.2. The Bertz CT molecular complexity index is 1490. The van der Waals surface area contributed by atoms with Gasteiger partial charge in [0.25, 0.3) is 0 Å². The average molecular weight is 551 g/mol. The number of aromatic nitrogens is 4. The number of carboxylic acids is 1. The summed E-state index contributed by atoms with van der Waals surface area (Å²) in [4.78, 5) is 37.3. The van der Waals surface area contributed by atoms with Gasteiger partial charge in [-0.2, -0.15) is 4.68 Å². The van der Waals surface area contributed by atoms with Crippen LogP contribution in [0.2, 0.25) is 10.0 Å². The minimum atomic E-state index is -1.18. The monoisotopic (exact) mass is 550 g/mol. The molecule has 3 aromatic carbocycles. The molecule has 0 aliphatic heterocycles. The van der Waals surface area contributed by atoms with Crippen LogP contribution in [0.5, 0.6) is 0 Å². The molecule has 0 aliphatic rings. The van der Waals surface area contributed by atoms with E-state index in [1.807, 2.05) is 30.3 Å². The highest BCUT2D eigenvalue weighted by Gasteiger charge is 2.21. The van der Waals surface area contributed by atoms with Crippen molar-refractivity contribution in [2.45, 2.75) is 12.5 Å². The quantitative estimate of drug-likeness (QED) is 0.267. The Kier molecular flexibility index (Phi) is 8.47. The fraction of sp³-hybridized carbons (Fsp3) is 0.0769. The fourth-order valence-electron chi connectivity index (χ4n) is 3.58. The lowest BCUT2D eigenvalue weighted by atomic mass is 10.0. The van der Waals surface area contributed by atoms with Gasteiger partial charge in [0, 0.05) is 28.8 Å². The molecule has 10 nitrogen and oxygen atoms in total. The van der Waals surface area contributed by atoms with E-state index < -0.39 is 23.8 Å². The van der Waals surface area contributed by atoms with Crippen molar-refractivity contribution in [2.75, 3.05) is 5.32 Å². The fourth-order valence-corrected chi connectivity index (χ4v) is 4.02. The predicted molar refractivity (Wildman–Crippen MR) is 142 cm³/mol. The molecule has 38 heavy (non-hydrogen) atoms. The third kappa shape index (κ3) is 6.81. The number of carbonyl (C=O) groups excluding carboxylic acids is 2. The Morgan fingerprint density at radius 3 is 2.50 bits per heavy atom. The van der Waals surface area contributed by atoms with Gasteiger partial charge in [0.15, 0.2) is 0 Å². The first-order chi connectivity index (χ1) is 18.3. The van der Waals surface area contributed by atoms with Crippen molar-refractivity contribution in [3.8, 4) is 5.69 Å². The summed E-state index contributed by atoms with van der Waals surface area (Å²) in [5.41, 5.74) is 2.21. The molecule has 3 N–H and O–H groups in total. The standard InChI is InChI=1S/C26H20Cl2N6O4/c27-18-7-10-23(34-15-29-32-33-34)17(13-18)6-11-24(35)31-22(12-16-4-2-1-3-5-16)25(36)30-19-8-9-20(26(37)38)21(28)14-19/h1-11,13-15,22H,12H2,(H,30,36)(H,31,35)(H,37,38). The molecule has 1 atom stereocenters. The van der Waals surface area contributed by atoms with Crippen LogP contribution < -0.4 is 10.6 Å². The van der Waals surface area contributed by atoms with Gasteiger partial charge in [0.05, 0.1) is 16.3 Å². The third-order valence-electron chi connectivity index (χ3n) is 5.38. The molecular weight excluding hydrogens is 531 g/mol. The van der Waals surface area contributed by atoms with Crippen LogP contribution in [0.3, 0.4) is 0 Å². The minimum Gasteiger partial charge on any atom is -0.478 e. The number of nitrogens with zero attached hydrogens (tertiary/aromatic N) is 4. The number of halogens is 2. The normalized spacial score (nSPS) is 11.7. The molecule has 1 aromatic heterocycles. The molecule has 0 saturated carbocycles. The number of anilines is 1. The zero-order chi connectivity index (χ0) is 27.1. The van der Waals surface area contributed by atoms with Gasteiger partial charge in [-0.1, -0.05) is 53.5 Å². The summed E-state index contributed by atoms with van der Waals surface area (Å²) in [5, 5.41) is 26.1. The van der Waals surface area contributed by atoms with E-state index in [0.29, 0.717) is 16.3 Å². The summed E-state index contributed by atoms with van der Waals surface area (Å²) in [6.07, 6.45) is 4.44. The van der Waals surface area contributed by atoms with E-state index in [9.17, 15) is 14.4 Å². The average Bonchev–Trinajstić information content (AvgIpc) is 3.42. The lowest BCUT2D eigenvalue weighted by Crippen LogP contribution is -2.44. The van der Waals surface area contributed by atoms with Crippen LogP contribution >= 0.6 is 23.2 Å². The Morgan fingerprint density at radius 2 is 1.82 bits per heavy atom. The number of hydrogen-bond acceptors (Lipinski definition) is 6. The highest BCUT2D eigenvalue weighted by atomic mass is 35.5. The molecule has 4 rings (SSSR count). The molecule has 0 radical (unpaired) electrons. The van der Waals surface area contributed by atoms with Gasteiger partial charge in [0.1, 0.15) is 12.4 Å². The molecule has 0 spiro atoms. The molecule has 0 aliphatic carbocycles. The highest BCUT2D eigenvalue weighted by molar-refractivity contribution is 6.33. The van der Waals surface area contributed by atoms with Crippen molar-refractivity contribution >= 4 is 52.7 Å². The summed E-state index contributed by atoms with van der Waals surface area (Å²) in [7, 11) is 0. The molecule has 0 saturated heterocycles. The van der Waals surface area contributed by atoms with Crippen molar-refractivity contribution in [1.82, 2.24) is 25.5 Å². The number of tetrazole rings is 1. The Balaban J connectivity index is 1.53. The number of nitrogens with one attached hydrogen (secondary N) is 2. The Labute approximate surface area is 226 Å². The number of aromatic carboxylic acids is 1. The van der Waals surface area contributed by atoms with Gasteiger partial charge >= 0.3 is 5.97 Å². The zero-order valence-electron chi connectivity index (χ0n) is 19.6. The van der Waals surface area contributed by atoms with Gasteiger partial charge in [0.2, 0.25) is 11.8 Å². The van der Waals surface area contributed by atoms with Crippen molar-refractivity contribution in [1.29, 1.82) is 0 Å². The molecule has 0 bridgehead atoms. The first-order valence-electron chi connectivity index (χ1n) is 11.2. The molecule has 12 heteroatoms. The molecule has 4 aromatic rings. The van der Waals surface area contributed by atoms with Crippen molar-refractivity contribution in [3.05, 3.63) is 106 Å². The van der Waals surface area contributed by atoms with E-state index in [0.717, 1.165) is 5.56 Å². The van der Waals surface area contributed by atoms with Gasteiger partial charge in [-0.3, -0.25) is 9.59 Å². The summed E-state index contributed by atoms with van der Waals surface area (Å²) in [5.74, 6) is -2.22. The molecule has 2 amide bonds. The van der Waals surface area contributed by atoms with Gasteiger partial charge in [-0.05, 0) is 58.5 Å². The lowest BCUT2D eigenvalue weighted by Gasteiger charge is -2.18. The number of hydrogen-bond donors (Lipinski definition) is 3. The van der Waals surface area contributed by atoms with Crippen molar-refractivity contribution < 1.29 is 19.5 Å². The number of amides is 2. The molecule has 1 heterocycles. The summed E-state index contributed by atoms with van der Waals surface area (Å²) in [6, 6.07) is 17.3. The summed E-state index contributed by atoms with van der Waals surface area (Å²) >= 11 is 12.2. The van der Waals surface area contributed by atoms with Crippen LogP contribution in [0.15, 0.2) is 79.1 Å². The summed E-state index contributed by atoms with van der Waals surface area (Å²) in [6.45, 7) is 0. The third-order valence-corrected chi connectivity index (χ3v) is 5.93. The van der Waals surface area contributed by atoms with Crippen LogP contribution in [0.4, 0.5) is 5.69 Å². The number of carbonyl (C=O) groups is 3. The van der Waals surface area contributed by atoms with Crippen LogP contribution in [0.1, 0.15) is 21.5 Å². The second-order valence-electron chi connectivity index (χ2n) is 8.03. The number of carboxylic acid groups (broad SMARTS) is 1. The molecular formula is C26H20Cl2N6O4. The van der Waals surface area contributed by atoms with E-state index in [-0.39, 0.29) is 22.7 Å². The maximum Gasteiger partial charge on any atom is 0.337 e.